The van der Waals surface area contributed by atoms with Crippen LogP contribution in [0.1, 0.15) is 19.4 Å². The molecule has 0 atom stereocenters. The van der Waals surface area contributed by atoms with Crippen molar-refractivity contribution in [2.75, 3.05) is 7.05 Å². The monoisotopic (exact) mass is 323 g/mol. The maximum absolute atomic E-state index is 13.8. The van der Waals surface area contributed by atoms with Gasteiger partial charge in [0.05, 0.1) is 0 Å². The van der Waals surface area contributed by atoms with Gasteiger partial charge in [0.25, 0.3) is 0 Å². The van der Waals surface area contributed by atoms with E-state index in [1.165, 1.54) is 0 Å². The number of aliphatic imine (C=N–C) groups is 1. The van der Waals surface area contributed by atoms with E-state index in [9.17, 15) is 8.63 Å². The van der Waals surface area contributed by atoms with Gasteiger partial charge in [-0.25, -0.2) is 0 Å². The Kier molecular flexibility index (Phi) is 6.24. The molecule has 0 aliphatic heterocycles. The normalized spacial score (nSPS) is 12.7. The first-order chi connectivity index (χ1) is 11.5. The Bertz CT molecular complexity index is 777. The van der Waals surface area contributed by atoms with E-state index in [0.29, 0.717) is 11.1 Å². The smallest absolute Gasteiger partial charge is 0.293 e. The van der Waals surface area contributed by atoms with Crippen LogP contribution in [-0.4, -0.2) is 20.0 Å². The Balaban J connectivity index is 2.51. The van der Waals surface area contributed by atoms with Gasteiger partial charge in [-0.2, -0.15) is 0 Å². The Hall–Kier alpha value is -2.49. The summed E-state index contributed by atoms with van der Waals surface area (Å²) in [7, 11) is -0.822. The third kappa shape index (κ3) is 4.28. The summed E-state index contributed by atoms with van der Waals surface area (Å²) in [5.41, 5.74) is 3.70. The third-order valence-electron chi connectivity index (χ3n) is 3.87. The lowest BCUT2D eigenvalue weighted by Gasteiger charge is -2.13. The molecule has 0 saturated carbocycles. The van der Waals surface area contributed by atoms with E-state index in [1.54, 1.807) is 19.2 Å². The molecule has 0 heterocycles. The van der Waals surface area contributed by atoms with Crippen molar-refractivity contribution in [2.45, 2.75) is 13.8 Å². The summed E-state index contributed by atoms with van der Waals surface area (Å²) in [5, 5.41) is 0. The molecular formula is C20H20BF2N. The van der Waals surface area contributed by atoms with Gasteiger partial charge in [0, 0.05) is 18.2 Å². The largest absolute Gasteiger partial charge is 0.573 e. The quantitative estimate of drug-likeness (QED) is 0.415. The summed E-state index contributed by atoms with van der Waals surface area (Å²) in [4.78, 5) is 4.04. The Morgan fingerprint density at radius 3 is 2.33 bits per heavy atom. The molecule has 0 amide bonds. The minimum Gasteiger partial charge on any atom is -0.293 e. The van der Waals surface area contributed by atoms with E-state index < -0.39 is 7.27 Å². The number of hydrogen-bond acceptors (Lipinski definition) is 1. The molecule has 2 aromatic carbocycles. The van der Waals surface area contributed by atoms with Crippen molar-refractivity contribution in [1.82, 2.24) is 0 Å². The van der Waals surface area contributed by atoms with Crippen molar-refractivity contribution in [1.29, 1.82) is 0 Å². The number of hydrogen-bond donors (Lipinski definition) is 0. The van der Waals surface area contributed by atoms with Crippen LogP contribution in [0.5, 0.6) is 0 Å². The maximum Gasteiger partial charge on any atom is 0.573 e. The average Bonchev–Trinajstić information content (AvgIpc) is 2.61. The van der Waals surface area contributed by atoms with Crippen LogP contribution in [0.15, 0.2) is 71.8 Å². The van der Waals surface area contributed by atoms with Crippen LogP contribution >= 0.6 is 0 Å². The molecule has 122 valence electrons. The van der Waals surface area contributed by atoms with Gasteiger partial charge in [-0.15, -0.1) is 0 Å². The highest BCUT2D eigenvalue weighted by Gasteiger charge is 2.25. The molecule has 0 saturated heterocycles. The predicted octanol–water partition coefficient (Wildman–Crippen LogP) is 5.04. The lowest BCUT2D eigenvalue weighted by molar-refractivity contribution is 0.685. The molecule has 0 bridgehead atoms. The SMILES string of the molecule is C/N=C(C)/C=C\C=C(/C)c1cccc(-c2ccccc2)c1B(F)F. The summed E-state index contributed by atoms with van der Waals surface area (Å²) in [5.74, 6) is 0. The molecule has 0 radical (unpaired) electrons. The van der Waals surface area contributed by atoms with Crippen LogP contribution in [0.25, 0.3) is 16.7 Å². The number of benzene rings is 2. The molecular weight excluding hydrogens is 303 g/mol. The molecule has 2 aromatic rings. The number of allylic oxidation sites excluding steroid dienone is 4. The van der Waals surface area contributed by atoms with Gasteiger partial charge in [0.2, 0.25) is 0 Å². The molecule has 0 aromatic heterocycles. The second kappa shape index (κ2) is 8.39. The topological polar surface area (TPSA) is 12.4 Å². The van der Waals surface area contributed by atoms with E-state index in [4.69, 9.17) is 0 Å². The van der Waals surface area contributed by atoms with Crippen LogP contribution < -0.4 is 5.46 Å². The first-order valence-electron chi connectivity index (χ1n) is 7.79. The summed E-state index contributed by atoms with van der Waals surface area (Å²) >= 11 is 0. The molecule has 24 heavy (non-hydrogen) atoms. The van der Waals surface area contributed by atoms with Crippen molar-refractivity contribution in [2.24, 2.45) is 4.99 Å². The van der Waals surface area contributed by atoms with Crippen molar-refractivity contribution in [3.63, 3.8) is 0 Å². The highest BCUT2D eigenvalue weighted by Crippen LogP contribution is 2.23. The van der Waals surface area contributed by atoms with Gasteiger partial charge in [-0.05, 0) is 42.2 Å². The van der Waals surface area contributed by atoms with E-state index in [1.807, 2.05) is 68.5 Å². The fourth-order valence-electron chi connectivity index (χ4n) is 2.51. The van der Waals surface area contributed by atoms with Gasteiger partial charge in [-0.3, -0.25) is 13.6 Å². The van der Waals surface area contributed by atoms with E-state index in [2.05, 4.69) is 4.99 Å². The Morgan fingerprint density at radius 2 is 1.71 bits per heavy atom. The number of rotatable bonds is 5. The molecule has 0 aliphatic rings. The first-order valence-corrected chi connectivity index (χ1v) is 7.79. The van der Waals surface area contributed by atoms with Crippen molar-refractivity contribution >= 4 is 24.0 Å². The lowest BCUT2D eigenvalue weighted by atomic mass is 9.75. The predicted molar refractivity (Wildman–Crippen MR) is 101 cm³/mol. The highest BCUT2D eigenvalue weighted by atomic mass is 19.2. The number of nitrogens with zero attached hydrogens (tertiary/aromatic N) is 1. The highest BCUT2D eigenvalue weighted by molar-refractivity contribution is 6.63. The standard InChI is InChI=1S/C20H20BF2N/c1-15(9-7-10-16(2)24-3)18-13-8-14-19(20(18)21(22)23)17-11-5-4-6-12-17/h4-14H,1-3H3/b10-7-,15-9+,24-16+. The van der Waals surface area contributed by atoms with Crippen LogP contribution in [0.4, 0.5) is 8.63 Å². The number of halogens is 2. The van der Waals surface area contributed by atoms with E-state index in [0.717, 1.165) is 16.8 Å². The van der Waals surface area contributed by atoms with Crippen LogP contribution in [0, 0.1) is 0 Å². The van der Waals surface area contributed by atoms with Crippen LogP contribution in [0.2, 0.25) is 0 Å². The van der Waals surface area contributed by atoms with Gasteiger partial charge in [-0.1, -0.05) is 60.7 Å². The fourth-order valence-corrected chi connectivity index (χ4v) is 2.51. The maximum atomic E-state index is 13.8. The second-order valence-electron chi connectivity index (χ2n) is 5.51. The zero-order valence-corrected chi connectivity index (χ0v) is 14.1. The minimum absolute atomic E-state index is 0.0757. The van der Waals surface area contributed by atoms with Crippen LogP contribution in [0.3, 0.4) is 0 Å². The zero-order valence-electron chi connectivity index (χ0n) is 14.1. The molecule has 0 unspecified atom stereocenters. The zero-order chi connectivity index (χ0) is 17.5. The molecule has 0 N–H and O–H groups in total. The van der Waals surface area contributed by atoms with Crippen molar-refractivity contribution < 1.29 is 8.63 Å². The van der Waals surface area contributed by atoms with Gasteiger partial charge < -0.3 is 0 Å². The van der Waals surface area contributed by atoms with Crippen molar-refractivity contribution in [3.05, 3.63) is 72.3 Å². The molecule has 2 rings (SSSR count). The van der Waals surface area contributed by atoms with Crippen molar-refractivity contribution in [3.8, 4) is 11.1 Å². The van der Waals surface area contributed by atoms with Gasteiger partial charge in [0.1, 0.15) is 0 Å². The fraction of sp³-hybridized carbons (Fsp3) is 0.150. The molecule has 0 fully saturated rings. The first kappa shape index (κ1) is 17.9. The average molecular weight is 323 g/mol. The molecule has 0 aliphatic carbocycles. The van der Waals surface area contributed by atoms with E-state index in [-0.39, 0.29) is 5.46 Å². The van der Waals surface area contributed by atoms with Gasteiger partial charge >= 0.3 is 7.27 Å². The lowest BCUT2D eigenvalue weighted by Crippen LogP contribution is -2.26. The minimum atomic E-state index is -2.54. The Labute approximate surface area is 142 Å². The second-order valence-corrected chi connectivity index (χ2v) is 5.51. The van der Waals surface area contributed by atoms with E-state index >= 15 is 0 Å². The third-order valence-corrected chi connectivity index (χ3v) is 3.87. The van der Waals surface area contributed by atoms with Gasteiger partial charge in [0.15, 0.2) is 0 Å². The Morgan fingerprint density at radius 1 is 1.00 bits per heavy atom. The van der Waals surface area contributed by atoms with Crippen LogP contribution in [-0.2, 0) is 0 Å². The summed E-state index contributed by atoms with van der Waals surface area (Å²) < 4.78 is 27.5. The summed E-state index contributed by atoms with van der Waals surface area (Å²) in [6.07, 6.45) is 5.53. The molecule has 4 heteroatoms. The summed E-state index contributed by atoms with van der Waals surface area (Å²) in [6, 6.07) is 14.6. The molecule has 0 spiro atoms. The summed E-state index contributed by atoms with van der Waals surface area (Å²) in [6.45, 7) is 3.74. The molecule has 1 nitrogen and oxygen atoms in total.